The van der Waals surface area contributed by atoms with Gasteiger partial charge in [-0.05, 0) is 49.4 Å². The van der Waals surface area contributed by atoms with Gasteiger partial charge in [0.15, 0.2) is 0 Å². The Morgan fingerprint density at radius 1 is 1.27 bits per heavy atom. The molecule has 1 fully saturated rings. The first-order valence-electron chi connectivity index (χ1n) is 5.57. The number of nitrogens with one attached hydrogen (secondary N) is 1. The molecule has 0 saturated heterocycles. The highest BCUT2D eigenvalue weighted by Gasteiger charge is 2.51. The number of rotatable bonds is 0. The first-order valence-corrected chi connectivity index (χ1v) is 5.57. The summed E-state index contributed by atoms with van der Waals surface area (Å²) in [5, 5.41) is 3.03. The first kappa shape index (κ1) is 8.96. The number of aryl methyl sites for hydroxylation is 2. The number of fused-ring (bicyclic) bond motifs is 2. The second-order valence-electron chi connectivity index (χ2n) is 4.89. The van der Waals surface area contributed by atoms with E-state index in [1.54, 1.807) is 0 Å². The number of hydrogen-bond donors (Lipinski definition) is 1. The molecule has 1 amide bonds. The Morgan fingerprint density at radius 3 is 2.60 bits per heavy atom. The second kappa shape index (κ2) is 2.63. The molecule has 1 spiro atoms. The number of hydrogen-bond acceptors (Lipinski definition) is 1. The van der Waals surface area contributed by atoms with E-state index >= 15 is 0 Å². The molecule has 1 aromatic rings. The SMILES string of the molecule is Cc1cc(C)c2c(c1)NC(=O)C21CCC1. The number of benzene rings is 1. The Labute approximate surface area is 89.7 Å². The van der Waals surface area contributed by atoms with Crippen LogP contribution in [0.4, 0.5) is 5.69 Å². The Bertz CT molecular complexity index is 458. The van der Waals surface area contributed by atoms with Gasteiger partial charge in [-0.3, -0.25) is 4.79 Å². The van der Waals surface area contributed by atoms with Crippen LogP contribution in [0.15, 0.2) is 12.1 Å². The standard InChI is InChI=1S/C13H15NO/c1-8-6-9(2)11-10(7-8)14-12(15)13(11)4-3-5-13/h6-7H,3-5H2,1-2H3,(H,14,15). The third kappa shape index (κ3) is 0.969. The van der Waals surface area contributed by atoms with Crippen LogP contribution in [0.2, 0.25) is 0 Å². The zero-order valence-electron chi connectivity index (χ0n) is 9.18. The molecular weight excluding hydrogens is 186 g/mol. The fraction of sp³-hybridized carbons (Fsp3) is 0.462. The van der Waals surface area contributed by atoms with Gasteiger partial charge in [0.1, 0.15) is 0 Å². The molecule has 1 aliphatic heterocycles. The first-order chi connectivity index (χ1) is 7.13. The second-order valence-corrected chi connectivity index (χ2v) is 4.89. The highest BCUT2D eigenvalue weighted by molar-refractivity contribution is 6.07. The van der Waals surface area contributed by atoms with Crippen LogP contribution < -0.4 is 5.32 Å². The van der Waals surface area contributed by atoms with Crippen molar-refractivity contribution in [2.45, 2.75) is 38.5 Å². The van der Waals surface area contributed by atoms with Gasteiger partial charge in [0.25, 0.3) is 0 Å². The molecular formula is C13H15NO. The molecule has 2 nitrogen and oxygen atoms in total. The molecule has 0 radical (unpaired) electrons. The molecule has 0 atom stereocenters. The third-order valence-electron chi connectivity index (χ3n) is 3.85. The summed E-state index contributed by atoms with van der Waals surface area (Å²) in [6.45, 7) is 4.19. The smallest absolute Gasteiger partial charge is 0.235 e. The van der Waals surface area contributed by atoms with Gasteiger partial charge in [-0.1, -0.05) is 12.5 Å². The normalized spacial score (nSPS) is 21.1. The molecule has 78 valence electrons. The van der Waals surface area contributed by atoms with E-state index < -0.39 is 0 Å². The molecule has 15 heavy (non-hydrogen) atoms. The van der Waals surface area contributed by atoms with Gasteiger partial charge in [-0.25, -0.2) is 0 Å². The lowest BCUT2D eigenvalue weighted by Gasteiger charge is -2.37. The van der Waals surface area contributed by atoms with Crippen LogP contribution in [0.5, 0.6) is 0 Å². The summed E-state index contributed by atoms with van der Waals surface area (Å²) >= 11 is 0. The molecule has 2 heteroatoms. The van der Waals surface area contributed by atoms with Crippen molar-refractivity contribution in [3.8, 4) is 0 Å². The molecule has 2 aliphatic rings. The van der Waals surface area contributed by atoms with Crippen LogP contribution in [0.3, 0.4) is 0 Å². The van der Waals surface area contributed by atoms with Crippen molar-refractivity contribution >= 4 is 11.6 Å². The summed E-state index contributed by atoms with van der Waals surface area (Å²) in [6, 6.07) is 4.27. The summed E-state index contributed by atoms with van der Waals surface area (Å²) in [4.78, 5) is 12.0. The summed E-state index contributed by atoms with van der Waals surface area (Å²) in [5.41, 5.74) is 4.65. The van der Waals surface area contributed by atoms with Gasteiger partial charge in [-0.2, -0.15) is 0 Å². The molecule has 1 heterocycles. The van der Waals surface area contributed by atoms with Crippen LogP contribution in [0.1, 0.15) is 36.0 Å². The molecule has 1 saturated carbocycles. The summed E-state index contributed by atoms with van der Waals surface area (Å²) in [5.74, 6) is 0.220. The third-order valence-corrected chi connectivity index (χ3v) is 3.85. The van der Waals surface area contributed by atoms with Gasteiger partial charge in [0.05, 0.1) is 5.41 Å². The van der Waals surface area contributed by atoms with Crippen molar-refractivity contribution in [2.24, 2.45) is 0 Å². The maximum absolute atomic E-state index is 12.0. The van der Waals surface area contributed by atoms with E-state index in [2.05, 4.69) is 31.3 Å². The van der Waals surface area contributed by atoms with Crippen LogP contribution in [0.25, 0.3) is 0 Å². The lowest BCUT2D eigenvalue weighted by Crippen LogP contribution is -2.41. The minimum atomic E-state index is -0.160. The van der Waals surface area contributed by atoms with Crippen LogP contribution in [0, 0.1) is 13.8 Å². The maximum Gasteiger partial charge on any atom is 0.235 e. The fourth-order valence-corrected chi connectivity index (χ4v) is 3.06. The van der Waals surface area contributed by atoms with Crippen molar-refractivity contribution in [3.05, 3.63) is 28.8 Å². The highest BCUT2D eigenvalue weighted by Crippen LogP contribution is 2.52. The molecule has 1 aliphatic carbocycles. The zero-order valence-corrected chi connectivity index (χ0v) is 9.18. The van der Waals surface area contributed by atoms with Crippen LogP contribution in [-0.4, -0.2) is 5.91 Å². The summed E-state index contributed by atoms with van der Waals surface area (Å²) < 4.78 is 0. The van der Waals surface area contributed by atoms with Crippen molar-refractivity contribution in [1.82, 2.24) is 0 Å². The topological polar surface area (TPSA) is 29.1 Å². The lowest BCUT2D eigenvalue weighted by molar-refractivity contribution is -0.123. The van der Waals surface area contributed by atoms with E-state index in [-0.39, 0.29) is 11.3 Å². The number of carbonyl (C=O) groups excluding carboxylic acids is 1. The Balaban J connectivity index is 2.24. The van der Waals surface area contributed by atoms with Crippen molar-refractivity contribution in [2.75, 3.05) is 5.32 Å². The quantitative estimate of drug-likeness (QED) is 0.687. The van der Waals surface area contributed by atoms with Crippen LogP contribution >= 0.6 is 0 Å². The van der Waals surface area contributed by atoms with Gasteiger partial charge in [0.2, 0.25) is 5.91 Å². The van der Waals surface area contributed by atoms with E-state index in [4.69, 9.17) is 0 Å². The largest absolute Gasteiger partial charge is 0.325 e. The monoisotopic (exact) mass is 201 g/mol. The minimum Gasteiger partial charge on any atom is -0.325 e. The average molecular weight is 201 g/mol. The Morgan fingerprint density at radius 2 is 2.00 bits per heavy atom. The number of carbonyl (C=O) groups is 1. The Kier molecular flexibility index (Phi) is 1.57. The van der Waals surface area contributed by atoms with Gasteiger partial charge in [0, 0.05) is 5.69 Å². The molecule has 1 aromatic carbocycles. The molecule has 0 aromatic heterocycles. The van der Waals surface area contributed by atoms with E-state index in [0.29, 0.717) is 0 Å². The summed E-state index contributed by atoms with van der Waals surface area (Å²) in [6.07, 6.45) is 3.23. The minimum absolute atomic E-state index is 0.160. The zero-order chi connectivity index (χ0) is 10.6. The molecule has 0 bridgehead atoms. The lowest BCUT2D eigenvalue weighted by atomic mass is 9.64. The molecule has 1 N–H and O–H groups in total. The fourth-order valence-electron chi connectivity index (χ4n) is 3.06. The van der Waals surface area contributed by atoms with E-state index in [1.807, 2.05) is 0 Å². The van der Waals surface area contributed by atoms with E-state index in [0.717, 1.165) is 18.5 Å². The molecule has 0 unspecified atom stereocenters. The predicted molar refractivity (Wildman–Crippen MR) is 60.1 cm³/mol. The van der Waals surface area contributed by atoms with Crippen molar-refractivity contribution < 1.29 is 4.79 Å². The van der Waals surface area contributed by atoms with E-state index in [9.17, 15) is 4.79 Å². The highest BCUT2D eigenvalue weighted by atomic mass is 16.2. The van der Waals surface area contributed by atoms with Crippen LogP contribution in [-0.2, 0) is 10.2 Å². The number of amides is 1. The van der Waals surface area contributed by atoms with Crippen molar-refractivity contribution in [3.63, 3.8) is 0 Å². The maximum atomic E-state index is 12.0. The molecule has 3 rings (SSSR count). The van der Waals surface area contributed by atoms with Gasteiger partial charge in [-0.15, -0.1) is 0 Å². The van der Waals surface area contributed by atoms with E-state index in [1.165, 1.54) is 23.1 Å². The average Bonchev–Trinajstić information content (AvgIpc) is 2.35. The summed E-state index contributed by atoms with van der Waals surface area (Å²) in [7, 11) is 0. The van der Waals surface area contributed by atoms with Crippen molar-refractivity contribution in [1.29, 1.82) is 0 Å². The predicted octanol–water partition coefficient (Wildman–Crippen LogP) is 2.68. The number of anilines is 1. The van der Waals surface area contributed by atoms with Gasteiger partial charge < -0.3 is 5.32 Å². The Hall–Kier alpha value is -1.31. The van der Waals surface area contributed by atoms with Gasteiger partial charge >= 0.3 is 0 Å².